The number of nitrogens with zero attached hydrogens (tertiary/aromatic N) is 2. The van der Waals surface area contributed by atoms with Crippen molar-refractivity contribution >= 4 is 23.6 Å². The Morgan fingerprint density at radius 2 is 1.63 bits per heavy atom. The van der Waals surface area contributed by atoms with Crippen molar-refractivity contribution in [1.82, 2.24) is 9.80 Å². The molecule has 1 aromatic rings. The van der Waals surface area contributed by atoms with Crippen molar-refractivity contribution in [2.45, 2.75) is 154 Å². The molecule has 4 rings (SSSR count). The van der Waals surface area contributed by atoms with Gasteiger partial charge in [0.15, 0.2) is 17.7 Å². The van der Waals surface area contributed by atoms with Crippen molar-refractivity contribution in [1.29, 1.82) is 0 Å². The third-order valence-electron chi connectivity index (χ3n) is 12.2. The van der Waals surface area contributed by atoms with Crippen LogP contribution in [0.1, 0.15) is 93.1 Å². The van der Waals surface area contributed by atoms with E-state index in [-0.39, 0.29) is 30.8 Å². The van der Waals surface area contributed by atoms with Gasteiger partial charge in [-0.1, -0.05) is 58.0 Å². The van der Waals surface area contributed by atoms with Crippen LogP contribution in [-0.2, 0) is 44.5 Å². The monoisotopic (exact) mass is 760 g/mol. The number of Topliss-reactive ketones (excluding diaryl/α,β-unsaturated/α-hetero) is 2. The minimum absolute atomic E-state index is 0.0591. The highest BCUT2D eigenvalue weighted by Gasteiger charge is 2.61. The predicted molar refractivity (Wildman–Crippen MR) is 200 cm³/mol. The molecule has 1 aromatic carbocycles. The number of rotatable bonds is 10. The topological polar surface area (TPSA) is 161 Å². The fraction of sp³-hybridized carbons (Fsp3) is 0.756. The molecule has 0 saturated carbocycles. The Labute approximate surface area is 321 Å². The predicted octanol–water partition coefficient (Wildman–Crippen LogP) is 4.33. The average Bonchev–Trinajstić information content (AvgIpc) is 3.39. The van der Waals surface area contributed by atoms with Gasteiger partial charge in [-0.2, -0.15) is 0 Å². The summed E-state index contributed by atoms with van der Waals surface area (Å²) in [7, 11) is 5.13. The van der Waals surface area contributed by atoms with Crippen LogP contribution in [0.3, 0.4) is 0 Å². The van der Waals surface area contributed by atoms with Gasteiger partial charge >= 0.3 is 12.1 Å². The number of hydrogen-bond acceptors (Lipinski definition) is 12. The quantitative estimate of drug-likeness (QED) is 0.198. The van der Waals surface area contributed by atoms with Crippen LogP contribution in [0.25, 0.3) is 0 Å². The molecule has 3 saturated heterocycles. The van der Waals surface area contributed by atoms with Crippen LogP contribution >= 0.6 is 0 Å². The van der Waals surface area contributed by atoms with Gasteiger partial charge in [-0.05, 0) is 85.9 Å². The number of aryl methyl sites for hydroxylation is 1. The number of benzene rings is 1. The lowest BCUT2D eigenvalue weighted by molar-refractivity contribution is -0.295. The SMILES string of the molecule is CC[C@@H]1OC(=O)C(C)(O)C(=O)[C@H](C)[C@@H](OC2O[C@H](C)C[C@H](N(C)C)[C@H]2O)[C@@](C)(OC)C[C@@H](C)C(=O)[C@@H](C)C2N(CCCCc3ccccc3)C(=O)O[C@@]21C. The number of fused-ring (bicyclic) bond motifs is 1. The van der Waals surface area contributed by atoms with Gasteiger partial charge < -0.3 is 43.7 Å². The van der Waals surface area contributed by atoms with Gasteiger partial charge in [0.05, 0.1) is 23.9 Å². The fourth-order valence-electron chi connectivity index (χ4n) is 8.99. The van der Waals surface area contributed by atoms with Gasteiger partial charge in [0.2, 0.25) is 5.60 Å². The second-order valence-corrected chi connectivity index (χ2v) is 16.6. The Balaban J connectivity index is 1.75. The van der Waals surface area contributed by atoms with Crippen LogP contribution in [0.5, 0.6) is 0 Å². The molecule has 0 aliphatic carbocycles. The maximum absolute atomic E-state index is 14.6. The molecule has 0 spiro atoms. The van der Waals surface area contributed by atoms with E-state index in [2.05, 4.69) is 12.1 Å². The molecule has 0 bridgehead atoms. The molecule has 304 valence electrons. The van der Waals surface area contributed by atoms with Crippen molar-refractivity contribution < 1.29 is 53.1 Å². The summed E-state index contributed by atoms with van der Waals surface area (Å²) in [5, 5.41) is 23.1. The van der Waals surface area contributed by atoms with E-state index in [1.54, 1.807) is 39.5 Å². The molecular formula is C41H64N2O11. The second kappa shape index (κ2) is 17.5. The van der Waals surface area contributed by atoms with E-state index in [1.807, 2.05) is 44.1 Å². The Morgan fingerprint density at radius 3 is 2.22 bits per heavy atom. The van der Waals surface area contributed by atoms with Crippen LogP contribution < -0.4 is 0 Å². The summed E-state index contributed by atoms with van der Waals surface area (Å²) < 4.78 is 30.8. The normalized spacial score (nSPS) is 39.9. The summed E-state index contributed by atoms with van der Waals surface area (Å²) in [4.78, 5) is 60.1. The van der Waals surface area contributed by atoms with E-state index in [9.17, 15) is 29.4 Å². The van der Waals surface area contributed by atoms with Crippen LogP contribution in [0.15, 0.2) is 30.3 Å². The number of carbonyl (C=O) groups is 4. The van der Waals surface area contributed by atoms with E-state index in [0.29, 0.717) is 19.4 Å². The molecule has 3 aliphatic rings. The van der Waals surface area contributed by atoms with E-state index < -0.39 is 83.0 Å². The molecule has 13 nitrogen and oxygen atoms in total. The molecule has 2 N–H and O–H groups in total. The lowest BCUT2D eigenvalue weighted by Gasteiger charge is -2.47. The van der Waals surface area contributed by atoms with E-state index in [4.69, 9.17) is 23.7 Å². The summed E-state index contributed by atoms with van der Waals surface area (Å²) in [5.41, 5.74) is -4.35. The maximum atomic E-state index is 14.6. The Bertz CT molecular complexity index is 1470. The minimum atomic E-state index is -2.66. The van der Waals surface area contributed by atoms with Gasteiger partial charge in [0, 0.05) is 37.5 Å². The smallest absolute Gasteiger partial charge is 0.410 e. The van der Waals surface area contributed by atoms with E-state index in [0.717, 1.165) is 19.8 Å². The number of ether oxygens (including phenoxy) is 5. The number of cyclic esters (lactones) is 1. The molecule has 54 heavy (non-hydrogen) atoms. The standard InChI is InChI=1S/C41H64N2O11/c1-12-30-41(8)33(43(38(48)54-41)21-17-16-20-28-18-14-13-15-19-28)26(4)31(44)24(2)23-39(6,50-11)35(27(5)34(46)40(7,49)37(47)52-30)53-36-32(45)29(42(9)10)22-25(3)51-36/h13-15,18-19,24-27,29-30,32-33,35-36,45,49H,12,16-17,20-23H2,1-11H3/t24-,25-,26-,27+,29+,30+,32-,33?,35-,36?,39+,40?,41-/m1/s1. The first kappa shape index (κ1) is 43.8. The van der Waals surface area contributed by atoms with Crippen LogP contribution in [0, 0.1) is 17.8 Å². The first-order valence-electron chi connectivity index (χ1n) is 19.5. The number of likely N-dealkylation sites (N-methyl/N-ethyl adjacent to an activating group) is 1. The number of aliphatic hydroxyl groups is 2. The summed E-state index contributed by atoms with van der Waals surface area (Å²) >= 11 is 0. The first-order chi connectivity index (χ1) is 25.2. The molecular weight excluding hydrogens is 696 g/mol. The number of carbonyl (C=O) groups excluding carboxylic acids is 4. The zero-order chi connectivity index (χ0) is 40.3. The van der Waals surface area contributed by atoms with Gasteiger partial charge in [0.1, 0.15) is 18.0 Å². The molecule has 1 amide bonds. The molecule has 0 aromatic heterocycles. The molecule has 3 heterocycles. The number of amides is 1. The molecule has 3 unspecified atom stereocenters. The van der Waals surface area contributed by atoms with Crippen molar-refractivity contribution in [3.8, 4) is 0 Å². The highest BCUT2D eigenvalue weighted by Crippen LogP contribution is 2.43. The largest absolute Gasteiger partial charge is 0.456 e. The molecule has 0 radical (unpaired) electrons. The zero-order valence-electron chi connectivity index (χ0n) is 34.1. The van der Waals surface area contributed by atoms with Gasteiger partial charge in [-0.3, -0.25) is 9.59 Å². The van der Waals surface area contributed by atoms with Crippen LogP contribution in [0.2, 0.25) is 0 Å². The lowest BCUT2D eigenvalue weighted by atomic mass is 9.73. The number of unbranched alkanes of at least 4 members (excludes halogenated alkanes) is 1. The van der Waals surface area contributed by atoms with Crippen LogP contribution in [0.4, 0.5) is 4.79 Å². The zero-order valence-corrected chi connectivity index (χ0v) is 34.1. The maximum Gasteiger partial charge on any atom is 0.410 e. The third-order valence-corrected chi connectivity index (χ3v) is 12.2. The van der Waals surface area contributed by atoms with E-state index in [1.165, 1.54) is 19.6 Å². The van der Waals surface area contributed by atoms with E-state index >= 15 is 0 Å². The van der Waals surface area contributed by atoms with Crippen molar-refractivity contribution in [2.24, 2.45) is 17.8 Å². The second-order valence-electron chi connectivity index (χ2n) is 16.6. The number of methoxy groups -OCH3 is 1. The summed E-state index contributed by atoms with van der Waals surface area (Å²) in [6.45, 7) is 13.4. The highest BCUT2D eigenvalue weighted by molar-refractivity contribution is 6.07. The Hall–Kier alpha value is -2.94. The van der Waals surface area contributed by atoms with Crippen molar-refractivity contribution in [3.05, 3.63) is 35.9 Å². The summed E-state index contributed by atoms with van der Waals surface area (Å²) in [6, 6.07) is 8.87. The minimum Gasteiger partial charge on any atom is -0.456 e. The van der Waals surface area contributed by atoms with Crippen molar-refractivity contribution in [3.63, 3.8) is 0 Å². The highest BCUT2D eigenvalue weighted by atomic mass is 16.7. The summed E-state index contributed by atoms with van der Waals surface area (Å²) in [6.07, 6.45) is -2.57. The summed E-state index contributed by atoms with van der Waals surface area (Å²) in [5.74, 6) is -5.00. The first-order valence-corrected chi connectivity index (χ1v) is 19.5. The molecule has 3 aliphatic heterocycles. The third kappa shape index (κ3) is 8.86. The number of aliphatic hydroxyl groups excluding tert-OH is 1. The average molecular weight is 761 g/mol. The number of ketones is 2. The van der Waals surface area contributed by atoms with Crippen molar-refractivity contribution in [2.75, 3.05) is 27.7 Å². The lowest BCUT2D eigenvalue weighted by Crippen LogP contribution is -2.62. The molecule has 3 fully saturated rings. The van der Waals surface area contributed by atoms with Crippen LogP contribution in [-0.4, -0.2) is 131 Å². The van der Waals surface area contributed by atoms with Gasteiger partial charge in [0.25, 0.3) is 0 Å². The molecule has 13 heteroatoms. The number of esters is 1. The van der Waals surface area contributed by atoms with Gasteiger partial charge in [-0.15, -0.1) is 0 Å². The Kier molecular flexibility index (Phi) is 14.2. The molecule has 13 atom stereocenters. The number of hydrogen-bond donors (Lipinski definition) is 2. The van der Waals surface area contributed by atoms with Gasteiger partial charge in [-0.25, -0.2) is 9.59 Å². The Morgan fingerprint density at radius 1 is 0.981 bits per heavy atom. The fourth-order valence-corrected chi connectivity index (χ4v) is 8.99.